The van der Waals surface area contributed by atoms with Gasteiger partial charge in [-0.1, -0.05) is 28.9 Å². The van der Waals surface area contributed by atoms with Crippen LogP contribution in [-0.2, 0) is 6.54 Å². The molecule has 2 heterocycles. The van der Waals surface area contributed by atoms with Crippen LogP contribution in [0.4, 0.5) is 0 Å². The molecule has 0 unspecified atom stereocenters. The van der Waals surface area contributed by atoms with Gasteiger partial charge in [0.25, 0.3) is 0 Å². The maximum atomic E-state index is 5.91. The van der Waals surface area contributed by atoms with Gasteiger partial charge in [0.05, 0.1) is 0 Å². The number of hydrogen-bond donors (Lipinski definition) is 0. The van der Waals surface area contributed by atoms with Gasteiger partial charge in [-0.05, 0) is 24.3 Å². The minimum Gasteiger partial charge on any atom is -1.00 e. The van der Waals surface area contributed by atoms with E-state index in [9.17, 15) is 0 Å². The van der Waals surface area contributed by atoms with E-state index in [1.165, 1.54) is 0 Å². The van der Waals surface area contributed by atoms with E-state index in [4.69, 9.17) is 18.0 Å². The van der Waals surface area contributed by atoms with Crippen molar-refractivity contribution in [1.82, 2.24) is 4.40 Å². The molecule has 0 aliphatic carbocycles. The van der Waals surface area contributed by atoms with Crippen molar-refractivity contribution in [2.24, 2.45) is 0 Å². The number of aromatic nitrogens is 2. The number of hydrogen-bond acceptors (Lipinski definition) is 1. The lowest BCUT2D eigenvalue weighted by molar-refractivity contribution is -0.656. The summed E-state index contributed by atoms with van der Waals surface area (Å²) in [5.74, 6) is 2.66. The summed E-state index contributed by atoms with van der Waals surface area (Å²) in [6.45, 7) is 0.594. The normalized spacial score (nSPS) is 10.1. The summed E-state index contributed by atoms with van der Waals surface area (Å²) in [4.78, 5) is 1.14. The highest BCUT2D eigenvalue weighted by atomic mass is 79.9. The highest BCUT2D eigenvalue weighted by Gasteiger charge is 2.16. The first-order chi connectivity index (χ1) is 8.79. The molecule has 0 atom stereocenters. The first-order valence-electron chi connectivity index (χ1n) is 5.47. The molecule has 2 nitrogen and oxygen atoms in total. The fraction of sp³-hybridized carbons (Fsp3) is 0.0714. The van der Waals surface area contributed by atoms with Crippen molar-refractivity contribution in [3.8, 4) is 23.6 Å². The van der Waals surface area contributed by atoms with Crippen LogP contribution in [0.2, 0.25) is 5.02 Å². The zero-order chi connectivity index (χ0) is 12.5. The molecule has 96 valence electrons. The predicted octanol–water partition coefficient (Wildman–Crippen LogP) is 0.246. The van der Waals surface area contributed by atoms with E-state index in [0.717, 1.165) is 21.2 Å². The molecule has 3 aromatic rings. The third-order valence-electron chi connectivity index (χ3n) is 2.78. The molecule has 0 N–H and O–H groups in total. The van der Waals surface area contributed by atoms with Crippen molar-refractivity contribution in [3.63, 3.8) is 0 Å². The standard InChI is InChI=1S/C14H10ClN2S.BrH/c1-2-7-16-8-9-17-13(10-18-14(16)17)11-3-5-12(15)6-4-11;/h1,3-6,8-10H,7H2;1H/q+1;/p-1. The number of fused-ring (bicyclic) bond motifs is 1. The van der Waals surface area contributed by atoms with Crippen LogP contribution in [0.3, 0.4) is 0 Å². The van der Waals surface area contributed by atoms with E-state index in [1.54, 1.807) is 11.3 Å². The highest BCUT2D eigenvalue weighted by Crippen LogP contribution is 2.25. The molecule has 19 heavy (non-hydrogen) atoms. The number of nitrogens with zero attached hydrogens (tertiary/aromatic N) is 2. The first kappa shape index (κ1) is 14.1. The zero-order valence-corrected chi connectivity index (χ0v) is 13.0. The van der Waals surface area contributed by atoms with E-state index in [1.807, 2.05) is 36.7 Å². The molecule has 0 aliphatic rings. The van der Waals surface area contributed by atoms with Gasteiger partial charge in [0.15, 0.2) is 12.2 Å². The fourth-order valence-electron chi connectivity index (χ4n) is 1.93. The summed E-state index contributed by atoms with van der Waals surface area (Å²) >= 11 is 7.59. The summed E-state index contributed by atoms with van der Waals surface area (Å²) in [5.41, 5.74) is 2.30. The average molecular weight is 354 g/mol. The molecular weight excluding hydrogens is 344 g/mol. The minimum absolute atomic E-state index is 0. The highest BCUT2D eigenvalue weighted by molar-refractivity contribution is 7.15. The van der Waals surface area contributed by atoms with E-state index >= 15 is 0 Å². The summed E-state index contributed by atoms with van der Waals surface area (Å²) in [5, 5.41) is 2.88. The number of terminal acetylenes is 1. The zero-order valence-electron chi connectivity index (χ0n) is 9.88. The molecule has 0 radical (unpaired) electrons. The van der Waals surface area contributed by atoms with E-state index in [0.29, 0.717) is 6.54 Å². The van der Waals surface area contributed by atoms with Crippen molar-refractivity contribution in [2.45, 2.75) is 6.54 Å². The Labute approximate surface area is 131 Å². The fourth-order valence-corrected chi connectivity index (χ4v) is 3.06. The molecule has 2 aromatic heterocycles. The van der Waals surface area contributed by atoms with Crippen LogP contribution in [0.1, 0.15) is 0 Å². The molecule has 0 fully saturated rings. The van der Waals surface area contributed by atoms with Gasteiger partial charge >= 0.3 is 4.96 Å². The molecule has 1 aromatic carbocycles. The van der Waals surface area contributed by atoms with Gasteiger partial charge in [-0.3, -0.25) is 0 Å². The van der Waals surface area contributed by atoms with Crippen molar-refractivity contribution in [1.29, 1.82) is 0 Å². The van der Waals surface area contributed by atoms with Crippen LogP contribution in [0.15, 0.2) is 42.0 Å². The van der Waals surface area contributed by atoms with E-state index < -0.39 is 0 Å². The summed E-state index contributed by atoms with van der Waals surface area (Å²) < 4.78 is 4.20. The minimum atomic E-state index is 0. The average Bonchev–Trinajstić information content (AvgIpc) is 2.94. The molecule has 0 bridgehead atoms. The second-order valence-corrected chi connectivity index (χ2v) is 5.18. The van der Waals surface area contributed by atoms with Gasteiger partial charge in [-0.2, -0.15) is 4.40 Å². The van der Waals surface area contributed by atoms with Gasteiger partial charge in [-0.15, -0.1) is 6.42 Å². The molecule has 0 saturated heterocycles. The Kier molecular flexibility index (Phi) is 4.31. The van der Waals surface area contributed by atoms with Gasteiger partial charge < -0.3 is 17.0 Å². The Balaban J connectivity index is 0.00000133. The van der Waals surface area contributed by atoms with Crippen molar-refractivity contribution in [3.05, 3.63) is 47.1 Å². The monoisotopic (exact) mass is 352 g/mol. The Morgan fingerprint density at radius 2 is 2.05 bits per heavy atom. The number of imidazole rings is 1. The van der Waals surface area contributed by atoms with Crippen LogP contribution in [0.25, 0.3) is 16.2 Å². The van der Waals surface area contributed by atoms with Crippen LogP contribution < -0.4 is 21.5 Å². The lowest BCUT2D eigenvalue weighted by Gasteiger charge is -1.95. The molecular formula is C14H10BrClN2S. The van der Waals surface area contributed by atoms with Gasteiger partial charge in [0, 0.05) is 16.0 Å². The molecule has 5 heteroatoms. The third kappa shape index (κ3) is 2.55. The maximum Gasteiger partial charge on any atom is 0.346 e. The number of rotatable bonds is 2. The van der Waals surface area contributed by atoms with Gasteiger partial charge in [0.1, 0.15) is 12.4 Å². The second kappa shape index (κ2) is 5.79. The number of thiazole rings is 1. The SMILES string of the molecule is C#CC[n+]1ccn2c(-c3ccc(Cl)cc3)csc21.[Br-]. The van der Waals surface area contributed by atoms with E-state index in [2.05, 4.69) is 20.3 Å². The third-order valence-corrected chi connectivity index (χ3v) is 4.02. The lowest BCUT2D eigenvalue weighted by Crippen LogP contribution is -3.00. The second-order valence-electron chi connectivity index (χ2n) is 3.91. The number of halogens is 2. The Morgan fingerprint density at radius 1 is 1.32 bits per heavy atom. The van der Waals surface area contributed by atoms with Crippen LogP contribution in [0, 0.1) is 12.3 Å². The van der Waals surface area contributed by atoms with Gasteiger partial charge in [-0.25, -0.2) is 4.57 Å². The summed E-state index contributed by atoms with van der Waals surface area (Å²) in [6.07, 6.45) is 9.40. The molecule has 0 saturated carbocycles. The van der Waals surface area contributed by atoms with Crippen molar-refractivity contribution < 1.29 is 21.5 Å². The molecule has 0 amide bonds. The van der Waals surface area contributed by atoms with Gasteiger partial charge in [0.2, 0.25) is 0 Å². The summed E-state index contributed by atoms with van der Waals surface area (Å²) in [6, 6.07) is 7.85. The van der Waals surface area contributed by atoms with Crippen LogP contribution in [0.5, 0.6) is 0 Å². The Morgan fingerprint density at radius 3 is 2.74 bits per heavy atom. The van der Waals surface area contributed by atoms with Crippen molar-refractivity contribution in [2.75, 3.05) is 0 Å². The maximum absolute atomic E-state index is 5.91. The Bertz CT molecular complexity index is 737. The largest absolute Gasteiger partial charge is 1.00 e. The lowest BCUT2D eigenvalue weighted by atomic mass is 10.2. The topological polar surface area (TPSA) is 8.29 Å². The molecule has 3 rings (SSSR count). The van der Waals surface area contributed by atoms with Crippen LogP contribution >= 0.6 is 22.9 Å². The van der Waals surface area contributed by atoms with E-state index in [-0.39, 0.29) is 17.0 Å². The number of benzene rings is 1. The summed E-state index contributed by atoms with van der Waals surface area (Å²) in [7, 11) is 0. The van der Waals surface area contributed by atoms with Crippen molar-refractivity contribution >= 4 is 27.9 Å². The smallest absolute Gasteiger partial charge is 0.346 e. The molecule has 0 spiro atoms. The molecule has 0 aliphatic heterocycles. The predicted molar refractivity (Wildman–Crippen MR) is 74.7 cm³/mol. The Hall–Kier alpha value is -1.28. The quantitative estimate of drug-likeness (QED) is 0.461. The first-order valence-corrected chi connectivity index (χ1v) is 6.73. The van der Waals surface area contributed by atoms with Crippen LogP contribution in [-0.4, -0.2) is 4.40 Å².